The minimum Gasteiger partial charge on any atom is -0.493 e. The van der Waals surface area contributed by atoms with Gasteiger partial charge in [0.15, 0.2) is 0 Å². The van der Waals surface area contributed by atoms with Gasteiger partial charge in [0, 0.05) is 11.5 Å². The first-order valence-corrected chi connectivity index (χ1v) is 9.62. The number of hydrogen-bond donors (Lipinski definition) is 1. The van der Waals surface area contributed by atoms with Crippen LogP contribution in [-0.2, 0) is 4.79 Å². The summed E-state index contributed by atoms with van der Waals surface area (Å²) in [5.41, 5.74) is 3.89. The van der Waals surface area contributed by atoms with Gasteiger partial charge >= 0.3 is 0 Å². The molecule has 2 aliphatic rings. The molecule has 0 unspecified atom stereocenters. The number of nitrogens with one attached hydrogen (secondary N) is 1. The maximum absolute atomic E-state index is 12.6. The predicted molar refractivity (Wildman–Crippen MR) is 104 cm³/mol. The van der Waals surface area contributed by atoms with Crippen molar-refractivity contribution in [3.8, 4) is 5.75 Å². The van der Waals surface area contributed by atoms with Gasteiger partial charge < -0.3 is 4.74 Å². The summed E-state index contributed by atoms with van der Waals surface area (Å²) in [6.45, 7) is 4.81. The van der Waals surface area contributed by atoms with Crippen molar-refractivity contribution in [2.24, 2.45) is 22.4 Å². The summed E-state index contributed by atoms with van der Waals surface area (Å²) >= 11 is 0. The van der Waals surface area contributed by atoms with E-state index in [1.165, 1.54) is 19.3 Å². The van der Waals surface area contributed by atoms with Gasteiger partial charge in [0.25, 0.3) is 0 Å². The fraction of sp³-hybridized carbons (Fsp3) is 0.455. The number of rotatable bonds is 5. The highest BCUT2D eigenvalue weighted by Crippen LogP contribution is 2.66. The zero-order valence-corrected chi connectivity index (χ0v) is 15.5. The van der Waals surface area contributed by atoms with Crippen LogP contribution in [0.4, 0.5) is 0 Å². The van der Waals surface area contributed by atoms with Gasteiger partial charge in [-0.2, -0.15) is 5.10 Å². The van der Waals surface area contributed by atoms with Crippen LogP contribution in [0, 0.1) is 17.3 Å². The van der Waals surface area contributed by atoms with Crippen LogP contribution in [0.15, 0.2) is 41.5 Å². The number of carbonyl (C=O) groups is 1. The van der Waals surface area contributed by atoms with Gasteiger partial charge in [0.2, 0.25) is 5.91 Å². The molecule has 2 aromatic carbocycles. The first-order valence-electron chi connectivity index (χ1n) is 9.62. The van der Waals surface area contributed by atoms with Gasteiger partial charge in [0.05, 0.1) is 12.8 Å². The molecule has 4 heteroatoms. The zero-order valence-electron chi connectivity index (χ0n) is 15.5. The van der Waals surface area contributed by atoms with Crippen LogP contribution in [0.25, 0.3) is 10.8 Å². The zero-order chi connectivity index (χ0) is 18.1. The number of fused-ring (bicyclic) bond motifs is 2. The van der Waals surface area contributed by atoms with E-state index >= 15 is 0 Å². The average molecular weight is 350 g/mol. The molecule has 2 aliphatic carbocycles. The highest BCUT2D eigenvalue weighted by Gasteiger charge is 2.64. The van der Waals surface area contributed by atoms with Crippen LogP contribution in [0.1, 0.15) is 45.1 Å². The minimum absolute atomic E-state index is 0.0637. The monoisotopic (exact) mass is 350 g/mol. The van der Waals surface area contributed by atoms with E-state index in [2.05, 4.69) is 29.6 Å². The first kappa shape index (κ1) is 17.1. The van der Waals surface area contributed by atoms with Crippen molar-refractivity contribution in [3.05, 3.63) is 42.0 Å². The molecule has 26 heavy (non-hydrogen) atoms. The molecule has 0 radical (unpaired) electrons. The topological polar surface area (TPSA) is 50.7 Å². The lowest BCUT2D eigenvalue weighted by atomic mass is 9.90. The second-order valence-corrected chi connectivity index (χ2v) is 7.70. The number of nitrogens with zero attached hydrogens (tertiary/aromatic N) is 1. The minimum atomic E-state index is 0.0637. The number of amides is 1. The smallest absolute Gasteiger partial charge is 0.244 e. The molecule has 2 fully saturated rings. The van der Waals surface area contributed by atoms with Crippen molar-refractivity contribution in [1.82, 2.24) is 5.43 Å². The third-order valence-electron chi connectivity index (χ3n) is 6.21. The van der Waals surface area contributed by atoms with Crippen LogP contribution >= 0.6 is 0 Å². The van der Waals surface area contributed by atoms with Crippen LogP contribution in [0.2, 0.25) is 0 Å². The van der Waals surface area contributed by atoms with Crippen molar-refractivity contribution in [1.29, 1.82) is 0 Å². The Labute approximate surface area is 154 Å². The van der Waals surface area contributed by atoms with Gasteiger partial charge in [-0.15, -0.1) is 0 Å². The quantitative estimate of drug-likeness (QED) is 0.637. The number of carbonyl (C=O) groups excluding carboxylic acids is 1. The van der Waals surface area contributed by atoms with Gasteiger partial charge in [-0.05, 0) is 47.9 Å². The molecular formula is C22H26N2O2. The third-order valence-corrected chi connectivity index (χ3v) is 6.21. The summed E-state index contributed by atoms with van der Waals surface area (Å²) in [7, 11) is 0. The molecule has 2 aromatic rings. The van der Waals surface area contributed by atoms with Gasteiger partial charge in [-0.3, -0.25) is 4.79 Å². The molecule has 4 rings (SSSR count). The predicted octanol–water partition coefficient (Wildman–Crippen LogP) is 4.51. The maximum atomic E-state index is 12.6. The van der Waals surface area contributed by atoms with Gasteiger partial charge in [-0.1, -0.05) is 50.1 Å². The van der Waals surface area contributed by atoms with Gasteiger partial charge in [0.1, 0.15) is 5.75 Å². The lowest BCUT2D eigenvalue weighted by Gasteiger charge is -2.15. The maximum Gasteiger partial charge on any atom is 0.244 e. The molecule has 0 bridgehead atoms. The molecule has 4 nitrogen and oxygen atoms in total. The van der Waals surface area contributed by atoms with E-state index in [9.17, 15) is 4.79 Å². The number of hydrazone groups is 1. The van der Waals surface area contributed by atoms with Crippen LogP contribution in [0.5, 0.6) is 5.75 Å². The molecule has 0 aliphatic heterocycles. The van der Waals surface area contributed by atoms with Crippen molar-refractivity contribution >= 4 is 22.9 Å². The van der Waals surface area contributed by atoms with Crippen LogP contribution in [0.3, 0.4) is 0 Å². The second kappa shape index (κ2) is 6.75. The molecular weight excluding hydrogens is 324 g/mol. The molecule has 136 valence electrons. The summed E-state index contributed by atoms with van der Waals surface area (Å²) in [5.74, 6) is 1.52. The Bertz CT molecular complexity index is 860. The Morgan fingerprint density at radius 3 is 2.92 bits per heavy atom. The fourth-order valence-corrected chi connectivity index (χ4v) is 4.77. The summed E-state index contributed by atoms with van der Waals surface area (Å²) in [4.78, 5) is 12.6. The second-order valence-electron chi connectivity index (χ2n) is 7.70. The molecule has 2 saturated carbocycles. The van der Waals surface area contributed by atoms with E-state index in [4.69, 9.17) is 4.74 Å². The largest absolute Gasteiger partial charge is 0.493 e. The van der Waals surface area contributed by atoms with E-state index in [1.807, 2.05) is 31.2 Å². The first-order chi connectivity index (χ1) is 12.6. The van der Waals surface area contributed by atoms with E-state index < -0.39 is 0 Å². The Kier molecular flexibility index (Phi) is 4.43. The van der Waals surface area contributed by atoms with Crippen molar-refractivity contribution < 1.29 is 9.53 Å². The van der Waals surface area contributed by atoms with E-state index in [0.29, 0.717) is 12.5 Å². The van der Waals surface area contributed by atoms with E-state index in [1.54, 1.807) is 6.21 Å². The molecule has 1 N–H and O–H groups in total. The van der Waals surface area contributed by atoms with Crippen molar-refractivity contribution in [2.45, 2.75) is 39.5 Å². The van der Waals surface area contributed by atoms with Crippen LogP contribution in [-0.4, -0.2) is 18.7 Å². The summed E-state index contributed by atoms with van der Waals surface area (Å²) in [5, 5.41) is 6.48. The Morgan fingerprint density at radius 1 is 1.31 bits per heavy atom. The van der Waals surface area contributed by atoms with E-state index in [0.717, 1.165) is 28.5 Å². The molecule has 3 atom stereocenters. The standard InChI is InChI=1S/C22H26N2O2/c1-3-26-19-12-11-15-8-4-5-9-16(15)17(19)14-23-24-21(25)20-18-10-6-7-13-22(18,20)2/h4-5,8-9,11-12,14,18,20H,3,6-7,10,13H2,1-2H3,(H,24,25)/t18-,20-,22+/m0/s1. The number of hydrogen-bond acceptors (Lipinski definition) is 3. The Morgan fingerprint density at radius 2 is 2.15 bits per heavy atom. The van der Waals surface area contributed by atoms with Crippen molar-refractivity contribution in [2.75, 3.05) is 6.61 Å². The third kappa shape index (κ3) is 2.87. The molecule has 1 amide bonds. The normalized spacial score (nSPS) is 27.3. The number of benzene rings is 2. The Hall–Kier alpha value is -2.36. The van der Waals surface area contributed by atoms with E-state index in [-0.39, 0.29) is 17.2 Å². The molecule has 0 spiro atoms. The lowest BCUT2D eigenvalue weighted by Crippen LogP contribution is -2.22. The molecule has 0 saturated heterocycles. The Balaban J connectivity index is 1.53. The summed E-state index contributed by atoms with van der Waals surface area (Å²) < 4.78 is 5.75. The molecule has 0 aromatic heterocycles. The fourth-order valence-electron chi connectivity index (χ4n) is 4.77. The summed E-state index contributed by atoms with van der Waals surface area (Å²) in [6.07, 6.45) is 6.56. The van der Waals surface area contributed by atoms with Crippen LogP contribution < -0.4 is 10.2 Å². The molecule has 0 heterocycles. The highest BCUT2D eigenvalue weighted by atomic mass is 16.5. The highest BCUT2D eigenvalue weighted by molar-refractivity contribution is 6.02. The summed E-state index contributed by atoms with van der Waals surface area (Å²) in [6, 6.07) is 12.1. The SMILES string of the molecule is CCOc1ccc2ccccc2c1C=NNC(=O)[C@@H]1[C@@H]2CCCC[C@@]12C. The lowest BCUT2D eigenvalue weighted by molar-refractivity contribution is -0.123. The van der Waals surface area contributed by atoms with Gasteiger partial charge in [-0.25, -0.2) is 5.43 Å². The average Bonchev–Trinajstić information content (AvgIpc) is 3.29. The van der Waals surface area contributed by atoms with Crippen molar-refractivity contribution in [3.63, 3.8) is 0 Å². The number of ether oxygens (including phenoxy) is 1.